The highest BCUT2D eigenvalue weighted by molar-refractivity contribution is 5.82. The van der Waals surface area contributed by atoms with E-state index in [1.54, 1.807) is 0 Å². The van der Waals surface area contributed by atoms with E-state index in [4.69, 9.17) is 5.73 Å². The monoisotopic (exact) mass is 250 g/mol. The van der Waals surface area contributed by atoms with E-state index in [-0.39, 0.29) is 12.5 Å². The molecule has 0 radical (unpaired) electrons. The molecule has 1 amide bonds. The molecule has 0 aromatic heterocycles. The minimum atomic E-state index is -0.681. The van der Waals surface area contributed by atoms with Gasteiger partial charge in [0.2, 0.25) is 5.91 Å². The van der Waals surface area contributed by atoms with E-state index in [2.05, 4.69) is 5.32 Å². The molecule has 0 spiro atoms. The first-order valence-electron chi connectivity index (χ1n) is 6.32. The maximum atomic E-state index is 11.8. The van der Waals surface area contributed by atoms with Crippen LogP contribution in [0.5, 0.6) is 0 Å². The van der Waals surface area contributed by atoms with Crippen LogP contribution in [-0.4, -0.2) is 23.7 Å². The number of benzene rings is 1. The number of carbonyl (C=O) groups excluding carboxylic acids is 1. The van der Waals surface area contributed by atoms with Crippen molar-refractivity contribution in [2.24, 2.45) is 5.73 Å². The number of aliphatic hydroxyl groups excluding tert-OH is 1. The maximum absolute atomic E-state index is 11.8. The number of hydrogen-bond donors (Lipinski definition) is 3. The number of aliphatic hydroxyl groups is 1. The second kappa shape index (κ2) is 7.13. The summed E-state index contributed by atoms with van der Waals surface area (Å²) in [7, 11) is 0. The molecular weight excluding hydrogens is 228 g/mol. The van der Waals surface area contributed by atoms with Crippen LogP contribution < -0.4 is 11.1 Å². The Bertz CT molecular complexity index is 376. The topological polar surface area (TPSA) is 75.3 Å². The number of hydrogen-bond acceptors (Lipinski definition) is 3. The van der Waals surface area contributed by atoms with Crippen LogP contribution in [-0.2, 0) is 4.79 Å². The molecule has 0 aliphatic heterocycles. The van der Waals surface area contributed by atoms with Gasteiger partial charge in [0.15, 0.2) is 0 Å². The average Bonchev–Trinajstić information content (AvgIpc) is 2.36. The lowest BCUT2D eigenvalue weighted by molar-refractivity contribution is -0.123. The van der Waals surface area contributed by atoms with Crippen LogP contribution in [0.1, 0.15) is 36.9 Å². The van der Waals surface area contributed by atoms with Crippen LogP contribution in [0.15, 0.2) is 24.3 Å². The zero-order valence-corrected chi connectivity index (χ0v) is 11.0. The van der Waals surface area contributed by atoms with Gasteiger partial charge < -0.3 is 16.2 Å². The summed E-state index contributed by atoms with van der Waals surface area (Å²) in [4.78, 5) is 11.8. The van der Waals surface area contributed by atoms with Crippen molar-refractivity contribution < 1.29 is 9.90 Å². The van der Waals surface area contributed by atoms with E-state index in [0.717, 1.165) is 17.5 Å². The molecule has 0 heterocycles. The fourth-order valence-electron chi connectivity index (χ4n) is 1.69. The van der Waals surface area contributed by atoms with E-state index in [9.17, 15) is 9.90 Å². The van der Waals surface area contributed by atoms with Crippen molar-refractivity contribution in [3.8, 4) is 0 Å². The van der Waals surface area contributed by atoms with Gasteiger partial charge in [-0.15, -0.1) is 0 Å². The molecule has 0 aliphatic rings. The smallest absolute Gasteiger partial charge is 0.241 e. The summed E-state index contributed by atoms with van der Waals surface area (Å²) in [6.45, 7) is 4.23. The van der Waals surface area contributed by atoms with E-state index in [1.807, 2.05) is 38.1 Å². The molecule has 4 heteroatoms. The Morgan fingerprint density at radius 2 is 2.00 bits per heavy atom. The van der Waals surface area contributed by atoms with Crippen LogP contribution in [0.2, 0.25) is 0 Å². The lowest BCUT2D eigenvalue weighted by Crippen LogP contribution is -2.38. The van der Waals surface area contributed by atoms with Gasteiger partial charge in [-0.3, -0.25) is 4.79 Å². The first-order chi connectivity index (χ1) is 8.54. The molecule has 1 aromatic rings. The minimum absolute atomic E-state index is 0.256. The third kappa shape index (κ3) is 4.47. The third-order valence-electron chi connectivity index (χ3n) is 2.85. The first kappa shape index (κ1) is 14.7. The zero-order chi connectivity index (χ0) is 13.5. The molecule has 18 heavy (non-hydrogen) atoms. The van der Waals surface area contributed by atoms with Crippen LogP contribution in [0.4, 0.5) is 0 Å². The van der Waals surface area contributed by atoms with Crippen molar-refractivity contribution in [2.75, 3.05) is 6.54 Å². The van der Waals surface area contributed by atoms with Gasteiger partial charge >= 0.3 is 0 Å². The zero-order valence-electron chi connectivity index (χ0n) is 11.0. The average molecular weight is 250 g/mol. The predicted molar refractivity (Wildman–Crippen MR) is 72.0 cm³/mol. The Morgan fingerprint density at radius 3 is 2.56 bits per heavy atom. The summed E-state index contributed by atoms with van der Waals surface area (Å²) in [6.07, 6.45) is 1.07. The third-order valence-corrected chi connectivity index (χ3v) is 2.85. The summed E-state index contributed by atoms with van der Waals surface area (Å²) in [5.74, 6) is -0.256. The van der Waals surface area contributed by atoms with Gasteiger partial charge in [-0.25, -0.2) is 0 Å². The number of amides is 1. The molecule has 0 saturated carbocycles. The van der Waals surface area contributed by atoms with Crippen molar-refractivity contribution in [3.63, 3.8) is 0 Å². The molecule has 2 unspecified atom stereocenters. The summed E-state index contributed by atoms with van der Waals surface area (Å²) in [6, 6.07) is 6.87. The van der Waals surface area contributed by atoms with Crippen LogP contribution >= 0.6 is 0 Å². The van der Waals surface area contributed by atoms with Gasteiger partial charge in [-0.05, 0) is 18.9 Å². The highest BCUT2D eigenvalue weighted by Crippen LogP contribution is 2.11. The largest absolute Gasteiger partial charge is 0.391 e. The second-order valence-electron chi connectivity index (χ2n) is 4.58. The molecule has 0 aliphatic carbocycles. The SMILES string of the molecule is CCCC(O)CNC(=O)C(N)c1ccc(C)cc1. The molecule has 1 aromatic carbocycles. The summed E-state index contributed by atoms with van der Waals surface area (Å²) >= 11 is 0. The molecule has 100 valence electrons. The lowest BCUT2D eigenvalue weighted by atomic mass is 10.1. The molecule has 0 saturated heterocycles. The van der Waals surface area contributed by atoms with E-state index in [1.165, 1.54) is 0 Å². The Hall–Kier alpha value is -1.39. The molecule has 4 N–H and O–H groups in total. The standard InChI is InChI=1S/C14H22N2O2/c1-3-4-12(17)9-16-14(18)13(15)11-7-5-10(2)6-8-11/h5-8,12-13,17H,3-4,9,15H2,1-2H3,(H,16,18). The van der Waals surface area contributed by atoms with Crippen molar-refractivity contribution in [3.05, 3.63) is 35.4 Å². The van der Waals surface area contributed by atoms with Gasteiger partial charge in [0.25, 0.3) is 0 Å². The maximum Gasteiger partial charge on any atom is 0.241 e. The van der Waals surface area contributed by atoms with Crippen molar-refractivity contribution in [2.45, 2.75) is 38.8 Å². The molecule has 0 bridgehead atoms. The van der Waals surface area contributed by atoms with E-state index >= 15 is 0 Å². The van der Waals surface area contributed by atoms with Crippen LogP contribution in [0.3, 0.4) is 0 Å². The number of carbonyl (C=O) groups is 1. The molecule has 4 nitrogen and oxygen atoms in total. The van der Waals surface area contributed by atoms with Gasteiger partial charge in [-0.1, -0.05) is 43.2 Å². The number of nitrogens with one attached hydrogen (secondary N) is 1. The Balaban J connectivity index is 2.48. The van der Waals surface area contributed by atoms with Crippen molar-refractivity contribution in [1.29, 1.82) is 0 Å². The summed E-state index contributed by atoms with van der Waals surface area (Å²) in [5.41, 5.74) is 7.77. The molecule has 2 atom stereocenters. The van der Waals surface area contributed by atoms with Crippen LogP contribution in [0.25, 0.3) is 0 Å². The van der Waals surface area contributed by atoms with Gasteiger partial charge in [-0.2, -0.15) is 0 Å². The lowest BCUT2D eigenvalue weighted by Gasteiger charge is -2.15. The highest BCUT2D eigenvalue weighted by Gasteiger charge is 2.16. The predicted octanol–water partition coefficient (Wildman–Crippen LogP) is 1.27. The fraction of sp³-hybridized carbons (Fsp3) is 0.500. The fourth-order valence-corrected chi connectivity index (χ4v) is 1.69. The van der Waals surface area contributed by atoms with E-state index in [0.29, 0.717) is 6.42 Å². The Morgan fingerprint density at radius 1 is 1.39 bits per heavy atom. The van der Waals surface area contributed by atoms with Gasteiger partial charge in [0.05, 0.1) is 6.10 Å². The summed E-state index contributed by atoms with van der Waals surface area (Å²) in [5, 5.41) is 12.2. The summed E-state index contributed by atoms with van der Waals surface area (Å²) < 4.78 is 0. The normalized spacial score (nSPS) is 14.0. The molecule has 0 fully saturated rings. The Kier molecular flexibility index (Phi) is 5.82. The quantitative estimate of drug-likeness (QED) is 0.711. The first-order valence-corrected chi connectivity index (χ1v) is 6.32. The van der Waals surface area contributed by atoms with Crippen molar-refractivity contribution >= 4 is 5.91 Å². The number of nitrogens with two attached hydrogens (primary N) is 1. The number of aryl methyl sites for hydroxylation is 1. The van der Waals surface area contributed by atoms with Crippen molar-refractivity contribution in [1.82, 2.24) is 5.32 Å². The highest BCUT2D eigenvalue weighted by atomic mass is 16.3. The molecule has 1 rings (SSSR count). The second-order valence-corrected chi connectivity index (χ2v) is 4.58. The Labute approximate surface area is 108 Å². The molecular formula is C14H22N2O2. The number of rotatable bonds is 6. The van der Waals surface area contributed by atoms with E-state index < -0.39 is 12.1 Å². The van der Waals surface area contributed by atoms with Crippen LogP contribution in [0, 0.1) is 6.92 Å². The minimum Gasteiger partial charge on any atom is -0.391 e. The van der Waals surface area contributed by atoms with Gasteiger partial charge in [0, 0.05) is 6.54 Å². The van der Waals surface area contributed by atoms with Gasteiger partial charge in [0.1, 0.15) is 6.04 Å².